The number of aromatic nitrogens is 1. The van der Waals surface area contributed by atoms with Crippen molar-refractivity contribution >= 4 is 0 Å². The molecule has 0 fully saturated rings. The van der Waals surface area contributed by atoms with Crippen LogP contribution in [0.15, 0.2) is 36.4 Å². The van der Waals surface area contributed by atoms with E-state index in [2.05, 4.69) is 4.98 Å². The molecule has 1 heterocycles. The van der Waals surface area contributed by atoms with Crippen LogP contribution in [0.25, 0.3) is 11.3 Å². The molecule has 2 aromatic rings. The van der Waals surface area contributed by atoms with Gasteiger partial charge in [-0.1, -0.05) is 6.07 Å². The van der Waals surface area contributed by atoms with Crippen molar-refractivity contribution in [1.82, 2.24) is 4.98 Å². The molecule has 0 bridgehead atoms. The molecule has 3 nitrogen and oxygen atoms in total. The summed E-state index contributed by atoms with van der Waals surface area (Å²) in [6.07, 6.45) is 0. The maximum absolute atomic E-state index is 5.88. The van der Waals surface area contributed by atoms with Gasteiger partial charge in [0.2, 0.25) is 0 Å². The lowest BCUT2D eigenvalue weighted by molar-refractivity contribution is 0.415. The third-order valence-corrected chi connectivity index (χ3v) is 3.00. The maximum Gasteiger partial charge on any atom is 0.118 e. The van der Waals surface area contributed by atoms with Crippen molar-refractivity contribution in [2.45, 2.75) is 19.9 Å². The molecular weight excluding hydrogens is 224 g/mol. The zero-order valence-electron chi connectivity index (χ0n) is 11.0. The third kappa shape index (κ3) is 2.51. The average molecular weight is 242 g/mol. The van der Waals surface area contributed by atoms with Crippen LogP contribution in [0.1, 0.15) is 24.2 Å². The summed E-state index contributed by atoms with van der Waals surface area (Å²) in [5.74, 6) is 0.850. The van der Waals surface area contributed by atoms with Gasteiger partial charge in [-0.05, 0) is 49.7 Å². The number of aryl methyl sites for hydroxylation is 1. The van der Waals surface area contributed by atoms with E-state index >= 15 is 0 Å². The van der Waals surface area contributed by atoms with Crippen molar-refractivity contribution in [3.8, 4) is 17.0 Å². The first-order chi connectivity index (χ1) is 8.61. The Morgan fingerprint density at radius 3 is 2.28 bits per heavy atom. The molecule has 1 atom stereocenters. The molecule has 1 aromatic carbocycles. The van der Waals surface area contributed by atoms with E-state index < -0.39 is 0 Å². The zero-order valence-corrected chi connectivity index (χ0v) is 11.0. The van der Waals surface area contributed by atoms with Gasteiger partial charge >= 0.3 is 0 Å². The van der Waals surface area contributed by atoms with E-state index in [4.69, 9.17) is 10.5 Å². The van der Waals surface area contributed by atoms with Crippen LogP contribution in [0.3, 0.4) is 0 Å². The number of pyridine rings is 1. The number of rotatable bonds is 3. The molecule has 1 aromatic heterocycles. The van der Waals surface area contributed by atoms with Crippen LogP contribution in [-0.4, -0.2) is 12.1 Å². The van der Waals surface area contributed by atoms with Crippen molar-refractivity contribution in [2.24, 2.45) is 5.73 Å². The summed E-state index contributed by atoms with van der Waals surface area (Å²) in [4.78, 5) is 4.60. The van der Waals surface area contributed by atoms with Gasteiger partial charge in [-0.15, -0.1) is 0 Å². The molecule has 2 N–H and O–H groups in total. The number of hydrogen-bond acceptors (Lipinski definition) is 3. The van der Waals surface area contributed by atoms with Crippen LogP contribution in [0.2, 0.25) is 0 Å². The molecule has 0 spiro atoms. The van der Waals surface area contributed by atoms with Crippen LogP contribution in [0.4, 0.5) is 0 Å². The lowest BCUT2D eigenvalue weighted by atomic mass is 10.0. The van der Waals surface area contributed by atoms with E-state index in [1.807, 2.05) is 50.2 Å². The predicted molar refractivity (Wildman–Crippen MR) is 73.6 cm³/mol. The highest BCUT2D eigenvalue weighted by Gasteiger charge is 2.07. The van der Waals surface area contributed by atoms with Gasteiger partial charge in [0.15, 0.2) is 0 Å². The third-order valence-electron chi connectivity index (χ3n) is 3.00. The first-order valence-corrected chi connectivity index (χ1v) is 5.99. The highest BCUT2D eigenvalue weighted by Crippen LogP contribution is 2.23. The Labute approximate surface area is 108 Å². The molecule has 0 aliphatic heterocycles. The van der Waals surface area contributed by atoms with Gasteiger partial charge in [0.05, 0.1) is 12.8 Å². The first kappa shape index (κ1) is 12.6. The minimum atomic E-state index is 0.0161. The van der Waals surface area contributed by atoms with Crippen LogP contribution in [-0.2, 0) is 0 Å². The second-order valence-corrected chi connectivity index (χ2v) is 4.39. The number of benzene rings is 1. The van der Waals surface area contributed by atoms with E-state index in [9.17, 15) is 0 Å². The van der Waals surface area contributed by atoms with Crippen molar-refractivity contribution in [2.75, 3.05) is 7.11 Å². The highest BCUT2D eigenvalue weighted by atomic mass is 16.5. The summed E-state index contributed by atoms with van der Waals surface area (Å²) >= 11 is 0. The largest absolute Gasteiger partial charge is 0.497 e. The van der Waals surface area contributed by atoms with E-state index in [-0.39, 0.29) is 6.04 Å². The molecular formula is C15H18N2O. The van der Waals surface area contributed by atoms with Crippen molar-refractivity contribution in [1.29, 1.82) is 0 Å². The van der Waals surface area contributed by atoms with Crippen LogP contribution in [0.5, 0.6) is 5.75 Å². The summed E-state index contributed by atoms with van der Waals surface area (Å²) in [6, 6.07) is 12.0. The van der Waals surface area contributed by atoms with Crippen LogP contribution < -0.4 is 10.5 Å². The lowest BCUT2D eigenvalue weighted by Gasteiger charge is -2.11. The Bertz CT molecular complexity index is 533. The first-order valence-electron chi connectivity index (χ1n) is 5.99. The highest BCUT2D eigenvalue weighted by molar-refractivity contribution is 5.60. The van der Waals surface area contributed by atoms with Crippen molar-refractivity contribution in [3.05, 3.63) is 47.7 Å². The fourth-order valence-corrected chi connectivity index (χ4v) is 1.98. The van der Waals surface area contributed by atoms with Crippen molar-refractivity contribution < 1.29 is 4.74 Å². The molecule has 0 aliphatic carbocycles. The predicted octanol–water partition coefficient (Wildman–Crippen LogP) is 3.09. The molecule has 18 heavy (non-hydrogen) atoms. The summed E-state index contributed by atoms with van der Waals surface area (Å²) in [7, 11) is 1.66. The molecule has 0 saturated carbocycles. The minimum absolute atomic E-state index is 0.0161. The van der Waals surface area contributed by atoms with Gasteiger partial charge in [-0.25, -0.2) is 0 Å². The molecule has 1 unspecified atom stereocenters. The molecule has 94 valence electrons. The maximum atomic E-state index is 5.88. The fraction of sp³-hybridized carbons (Fsp3) is 0.267. The van der Waals surface area contributed by atoms with Crippen molar-refractivity contribution in [3.63, 3.8) is 0 Å². The Hall–Kier alpha value is -1.87. The SMILES string of the molecule is COc1ccc(-c2ccc(C(C)N)c(C)n2)cc1. The van der Waals surface area contributed by atoms with Gasteiger partial charge in [0.1, 0.15) is 5.75 Å². The summed E-state index contributed by atoms with van der Waals surface area (Å²) in [5.41, 5.74) is 10.00. The number of hydrogen-bond donors (Lipinski definition) is 1. The summed E-state index contributed by atoms with van der Waals surface area (Å²) in [5, 5.41) is 0. The Kier molecular flexibility index (Phi) is 3.63. The van der Waals surface area contributed by atoms with Crippen LogP contribution in [0, 0.1) is 6.92 Å². The van der Waals surface area contributed by atoms with Gasteiger partial charge in [0, 0.05) is 17.3 Å². The Morgan fingerprint density at radius 1 is 1.11 bits per heavy atom. The lowest BCUT2D eigenvalue weighted by Crippen LogP contribution is -2.08. The molecule has 0 radical (unpaired) electrons. The summed E-state index contributed by atoms with van der Waals surface area (Å²) in [6.45, 7) is 3.96. The number of nitrogens with two attached hydrogens (primary N) is 1. The number of nitrogens with zero attached hydrogens (tertiary/aromatic N) is 1. The standard InChI is InChI=1S/C15H18N2O/c1-10(16)14-8-9-15(17-11(14)2)12-4-6-13(18-3)7-5-12/h4-10H,16H2,1-3H3. The fourth-order valence-electron chi connectivity index (χ4n) is 1.98. The van der Waals surface area contributed by atoms with Gasteiger partial charge in [-0.3, -0.25) is 4.98 Å². The molecule has 0 amide bonds. The van der Waals surface area contributed by atoms with E-state index in [0.717, 1.165) is 28.3 Å². The number of ether oxygens (including phenoxy) is 1. The summed E-state index contributed by atoms with van der Waals surface area (Å²) < 4.78 is 5.14. The van der Waals surface area contributed by atoms with E-state index in [1.54, 1.807) is 7.11 Å². The number of methoxy groups -OCH3 is 1. The normalized spacial score (nSPS) is 12.2. The van der Waals surface area contributed by atoms with E-state index in [1.165, 1.54) is 0 Å². The van der Waals surface area contributed by atoms with Crippen LogP contribution >= 0.6 is 0 Å². The molecule has 3 heteroatoms. The Morgan fingerprint density at radius 2 is 1.78 bits per heavy atom. The van der Waals surface area contributed by atoms with E-state index in [0.29, 0.717) is 0 Å². The molecule has 0 aliphatic rings. The van der Waals surface area contributed by atoms with Gasteiger partial charge < -0.3 is 10.5 Å². The second kappa shape index (κ2) is 5.19. The smallest absolute Gasteiger partial charge is 0.118 e. The topological polar surface area (TPSA) is 48.1 Å². The quantitative estimate of drug-likeness (QED) is 0.899. The minimum Gasteiger partial charge on any atom is -0.497 e. The van der Waals surface area contributed by atoms with Gasteiger partial charge in [-0.2, -0.15) is 0 Å². The second-order valence-electron chi connectivity index (χ2n) is 4.39. The van der Waals surface area contributed by atoms with Gasteiger partial charge in [0.25, 0.3) is 0 Å². The zero-order chi connectivity index (χ0) is 13.1. The molecule has 0 saturated heterocycles. The molecule has 2 rings (SSSR count). The Balaban J connectivity index is 2.36. The monoisotopic (exact) mass is 242 g/mol. The average Bonchev–Trinajstić information content (AvgIpc) is 2.38.